The molecule has 2 aromatic carbocycles. The molecular weight excluding hydrogens is 664 g/mol. The number of rotatable bonds is 9. The van der Waals surface area contributed by atoms with Gasteiger partial charge in [-0.05, 0) is 62.2 Å². The van der Waals surface area contributed by atoms with Crippen molar-refractivity contribution in [3.63, 3.8) is 0 Å². The fraction of sp³-hybridized carbons (Fsp3) is 0.243. The number of likely N-dealkylation sites (tertiary alicyclic amines) is 1. The number of carbonyl (C=O) groups is 5. The predicted molar refractivity (Wildman–Crippen MR) is 190 cm³/mol. The lowest BCUT2D eigenvalue weighted by Gasteiger charge is -2.28. The van der Waals surface area contributed by atoms with Gasteiger partial charge in [-0.3, -0.25) is 43.5 Å². The zero-order valence-corrected chi connectivity index (χ0v) is 27.9. The van der Waals surface area contributed by atoms with Gasteiger partial charge in [0.25, 0.3) is 17.7 Å². The minimum Gasteiger partial charge on any atom is -0.383 e. The summed E-state index contributed by atoms with van der Waals surface area (Å²) < 4.78 is 1.98. The largest absolute Gasteiger partial charge is 0.383 e. The molecule has 262 valence electrons. The van der Waals surface area contributed by atoms with Gasteiger partial charge in [0.05, 0.1) is 17.2 Å². The predicted octanol–water partition coefficient (Wildman–Crippen LogP) is 3.28. The average Bonchev–Trinajstić information content (AvgIpc) is 3.84. The SMILES string of the molecule is Nc1nccn2c([C@@H]3CCCN3CCNc3cccc4c3C(=O)N(C3CCC(=O)NC3=O)C4=O)nc(-c3ccc(C(=O)Nc4ccccn4)cc3)c12. The molecule has 15 heteroatoms. The van der Waals surface area contributed by atoms with Crippen molar-refractivity contribution in [1.82, 2.24) is 34.5 Å². The number of aromatic nitrogens is 4. The van der Waals surface area contributed by atoms with Crippen molar-refractivity contribution in [3.05, 3.63) is 102 Å². The van der Waals surface area contributed by atoms with Gasteiger partial charge in [-0.1, -0.05) is 24.3 Å². The molecule has 0 aliphatic carbocycles. The monoisotopic (exact) mass is 698 g/mol. The van der Waals surface area contributed by atoms with Crippen LogP contribution in [0, 0.1) is 0 Å². The van der Waals surface area contributed by atoms with Crippen LogP contribution in [0.15, 0.2) is 79.3 Å². The molecule has 15 nitrogen and oxygen atoms in total. The van der Waals surface area contributed by atoms with Crippen molar-refractivity contribution in [2.45, 2.75) is 37.8 Å². The molecule has 3 aliphatic heterocycles. The first kappa shape index (κ1) is 32.7. The molecule has 1 unspecified atom stereocenters. The van der Waals surface area contributed by atoms with Crippen molar-refractivity contribution in [2.75, 3.05) is 36.0 Å². The highest BCUT2D eigenvalue weighted by Gasteiger charge is 2.45. The molecule has 8 rings (SSSR count). The van der Waals surface area contributed by atoms with Gasteiger partial charge in [0, 0.05) is 54.9 Å². The third kappa shape index (κ3) is 5.80. The Kier molecular flexibility index (Phi) is 8.39. The van der Waals surface area contributed by atoms with Crippen LogP contribution >= 0.6 is 0 Å². The number of imide groups is 2. The normalized spacial score (nSPS) is 18.9. The second kappa shape index (κ2) is 13.3. The molecule has 0 radical (unpaired) electrons. The first-order valence-corrected chi connectivity index (χ1v) is 17.1. The van der Waals surface area contributed by atoms with Crippen LogP contribution < -0.4 is 21.7 Å². The van der Waals surface area contributed by atoms with Gasteiger partial charge < -0.3 is 16.4 Å². The smallest absolute Gasteiger partial charge is 0.264 e. The number of nitrogens with one attached hydrogen (secondary N) is 3. The van der Waals surface area contributed by atoms with Crippen molar-refractivity contribution >= 4 is 52.4 Å². The fourth-order valence-electron chi connectivity index (χ4n) is 7.31. The van der Waals surface area contributed by atoms with E-state index >= 15 is 0 Å². The molecule has 5 N–H and O–H groups in total. The van der Waals surface area contributed by atoms with Crippen LogP contribution in [0.3, 0.4) is 0 Å². The summed E-state index contributed by atoms with van der Waals surface area (Å²) in [5.41, 5.74) is 9.97. The summed E-state index contributed by atoms with van der Waals surface area (Å²) in [6.07, 6.45) is 7.07. The molecule has 3 aromatic heterocycles. The number of fused-ring (bicyclic) bond motifs is 2. The minimum atomic E-state index is -1.03. The van der Waals surface area contributed by atoms with Gasteiger partial charge in [-0.2, -0.15) is 0 Å². The van der Waals surface area contributed by atoms with E-state index in [4.69, 9.17) is 10.7 Å². The summed E-state index contributed by atoms with van der Waals surface area (Å²) >= 11 is 0. The number of nitrogens with two attached hydrogens (primary N) is 1. The Morgan fingerprint density at radius 3 is 2.56 bits per heavy atom. The summed E-state index contributed by atoms with van der Waals surface area (Å²) in [7, 11) is 0. The van der Waals surface area contributed by atoms with Crippen LogP contribution in [0.5, 0.6) is 0 Å². The summed E-state index contributed by atoms with van der Waals surface area (Å²) in [5.74, 6) is -0.829. The Bertz CT molecular complexity index is 2250. The summed E-state index contributed by atoms with van der Waals surface area (Å²) in [4.78, 5) is 80.8. The number of amides is 5. The molecule has 2 atom stereocenters. The summed E-state index contributed by atoms with van der Waals surface area (Å²) in [6.45, 7) is 1.90. The number of hydrogen-bond donors (Lipinski definition) is 4. The Balaban J connectivity index is 0.994. The first-order chi connectivity index (χ1) is 25.3. The quantitative estimate of drug-likeness (QED) is 0.165. The number of nitrogens with zero attached hydrogens (tertiary/aromatic N) is 6. The standard InChI is InChI=1S/C37H34N10O5/c38-32-31-30(21-9-11-22(12-10-21)34(49)42-27-8-1-2-15-40-27)44-33(46(31)20-17-41-32)25-7-4-18-45(25)19-16-39-24-6-3-5-23-29(24)37(52)47(36(23)51)26-13-14-28(48)43-35(26)50/h1-3,5-6,8-12,15,17,20,25-26,39H,4,7,13-14,16,18-19H2,(H2,38,41)(H,40,42,49)(H,43,48,50)/t25-,26?/m0/s1. The third-order valence-electron chi connectivity index (χ3n) is 9.78. The Morgan fingerprint density at radius 2 is 1.77 bits per heavy atom. The molecule has 2 saturated heterocycles. The number of hydrogen-bond acceptors (Lipinski definition) is 11. The highest BCUT2D eigenvalue weighted by Crippen LogP contribution is 2.37. The summed E-state index contributed by atoms with van der Waals surface area (Å²) in [6, 6.07) is 16.4. The highest BCUT2D eigenvalue weighted by molar-refractivity contribution is 6.25. The van der Waals surface area contributed by atoms with E-state index < -0.39 is 29.7 Å². The molecular formula is C37H34N10O5. The van der Waals surface area contributed by atoms with E-state index in [1.165, 1.54) is 0 Å². The molecule has 52 heavy (non-hydrogen) atoms. The van der Waals surface area contributed by atoms with E-state index in [0.29, 0.717) is 47.2 Å². The maximum Gasteiger partial charge on any atom is 0.264 e. The molecule has 5 amide bonds. The maximum atomic E-state index is 13.5. The lowest BCUT2D eigenvalue weighted by molar-refractivity contribution is -0.136. The molecule has 0 spiro atoms. The van der Waals surface area contributed by atoms with E-state index in [2.05, 4.69) is 30.8 Å². The average molecular weight is 699 g/mol. The zero-order chi connectivity index (χ0) is 35.9. The minimum absolute atomic E-state index is 0.0408. The van der Waals surface area contributed by atoms with Gasteiger partial charge in [0.15, 0.2) is 0 Å². The molecule has 6 heterocycles. The second-order valence-electron chi connectivity index (χ2n) is 12.9. The van der Waals surface area contributed by atoms with Crippen LogP contribution in [-0.4, -0.2) is 84.4 Å². The molecule has 0 bridgehead atoms. The molecule has 3 aliphatic rings. The number of piperidine rings is 1. The Labute approximate surface area is 297 Å². The van der Waals surface area contributed by atoms with E-state index in [9.17, 15) is 24.0 Å². The highest BCUT2D eigenvalue weighted by atomic mass is 16.2. The van der Waals surface area contributed by atoms with Crippen molar-refractivity contribution < 1.29 is 24.0 Å². The number of carbonyl (C=O) groups excluding carboxylic acids is 5. The van der Waals surface area contributed by atoms with Gasteiger partial charge in [-0.25, -0.2) is 15.0 Å². The van der Waals surface area contributed by atoms with E-state index in [-0.39, 0.29) is 35.9 Å². The summed E-state index contributed by atoms with van der Waals surface area (Å²) in [5, 5.41) is 8.38. The molecule has 0 saturated carbocycles. The van der Waals surface area contributed by atoms with E-state index in [0.717, 1.165) is 35.7 Å². The molecule has 5 aromatic rings. The number of benzene rings is 2. The van der Waals surface area contributed by atoms with Crippen LogP contribution in [0.2, 0.25) is 0 Å². The van der Waals surface area contributed by atoms with Crippen LogP contribution in [0.25, 0.3) is 16.8 Å². The van der Waals surface area contributed by atoms with Crippen LogP contribution in [0.4, 0.5) is 17.3 Å². The fourth-order valence-corrected chi connectivity index (χ4v) is 7.31. The number of pyridine rings is 1. The van der Waals surface area contributed by atoms with E-state index in [1.54, 1.807) is 60.9 Å². The maximum absolute atomic E-state index is 13.5. The van der Waals surface area contributed by atoms with Crippen molar-refractivity contribution in [2.24, 2.45) is 0 Å². The first-order valence-electron chi connectivity index (χ1n) is 17.1. The second-order valence-corrected chi connectivity index (χ2v) is 12.9. The third-order valence-corrected chi connectivity index (χ3v) is 9.78. The Morgan fingerprint density at radius 1 is 0.923 bits per heavy atom. The topological polar surface area (TPSA) is 197 Å². The van der Waals surface area contributed by atoms with Crippen molar-refractivity contribution in [1.29, 1.82) is 0 Å². The lowest BCUT2D eigenvalue weighted by Crippen LogP contribution is -2.54. The van der Waals surface area contributed by atoms with Gasteiger partial charge in [-0.15, -0.1) is 0 Å². The van der Waals surface area contributed by atoms with Gasteiger partial charge in [0.1, 0.15) is 34.7 Å². The Hall–Kier alpha value is -6.48. The van der Waals surface area contributed by atoms with Crippen LogP contribution in [0.1, 0.15) is 68.6 Å². The molecule has 2 fully saturated rings. The number of anilines is 3. The zero-order valence-electron chi connectivity index (χ0n) is 27.9. The number of imidazole rings is 1. The van der Waals surface area contributed by atoms with E-state index in [1.807, 2.05) is 22.7 Å². The van der Waals surface area contributed by atoms with Gasteiger partial charge >= 0.3 is 0 Å². The lowest BCUT2D eigenvalue weighted by atomic mass is 10.0. The van der Waals surface area contributed by atoms with Crippen molar-refractivity contribution in [3.8, 4) is 11.3 Å². The van der Waals surface area contributed by atoms with Gasteiger partial charge in [0.2, 0.25) is 11.8 Å². The number of nitrogen functional groups attached to an aromatic ring is 1. The van der Waals surface area contributed by atoms with Crippen LogP contribution in [-0.2, 0) is 9.59 Å².